The molecule has 2 saturated heterocycles. The van der Waals surface area contributed by atoms with Crippen LogP contribution in [0.15, 0.2) is 60.7 Å². The van der Waals surface area contributed by atoms with Gasteiger partial charge in [-0.15, -0.1) is 11.8 Å². The summed E-state index contributed by atoms with van der Waals surface area (Å²) in [5.41, 5.74) is 0.867. The van der Waals surface area contributed by atoms with E-state index in [1.807, 2.05) is 36.4 Å². The van der Waals surface area contributed by atoms with Crippen LogP contribution in [0.25, 0.3) is 0 Å². The van der Waals surface area contributed by atoms with Crippen LogP contribution in [0.3, 0.4) is 0 Å². The standard InChI is InChI=1S/C29H32N2O9S/c1-29(2)25(31-26(35)24(27(31)41-29)30-21(32)17-37-20-12-7-4-8-13-20)28(36)40-18-39-23(34)15-9-14-22(33)38-16-19-10-5-3-6-11-19/h3-8,10-13,24-25,27H,9,14-18H2,1-2H3,(H,30,32)/t24-,25+,27-/m1/s1. The van der Waals surface area contributed by atoms with Gasteiger partial charge < -0.3 is 29.2 Å². The molecule has 0 aliphatic carbocycles. The van der Waals surface area contributed by atoms with Crippen molar-refractivity contribution in [2.24, 2.45) is 0 Å². The van der Waals surface area contributed by atoms with E-state index in [0.29, 0.717) is 5.75 Å². The van der Waals surface area contributed by atoms with Gasteiger partial charge in [-0.25, -0.2) is 4.79 Å². The predicted molar refractivity (Wildman–Crippen MR) is 147 cm³/mol. The molecule has 2 aliphatic heterocycles. The molecule has 0 saturated carbocycles. The number of amides is 2. The maximum Gasteiger partial charge on any atom is 0.333 e. The highest BCUT2D eigenvalue weighted by Crippen LogP contribution is 2.51. The molecule has 12 heteroatoms. The van der Waals surface area contributed by atoms with Gasteiger partial charge in [-0.2, -0.15) is 0 Å². The lowest BCUT2D eigenvalue weighted by molar-refractivity contribution is -0.176. The number of hydrogen-bond donors (Lipinski definition) is 1. The van der Waals surface area contributed by atoms with Crippen LogP contribution in [0.5, 0.6) is 5.75 Å². The number of thioether (sulfide) groups is 1. The van der Waals surface area contributed by atoms with Crippen LogP contribution < -0.4 is 10.1 Å². The van der Waals surface area contributed by atoms with Crippen LogP contribution in [0, 0.1) is 0 Å². The van der Waals surface area contributed by atoms with Crippen molar-refractivity contribution >= 4 is 41.5 Å². The fourth-order valence-electron chi connectivity index (χ4n) is 4.50. The summed E-state index contributed by atoms with van der Waals surface area (Å²) in [6.45, 7) is 2.90. The molecule has 218 valence electrons. The van der Waals surface area contributed by atoms with Crippen LogP contribution in [0.1, 0.15) is 38.7 Å². The quantitative estimate of drug-likeness (QED) is 0.212. The number of benzene rings is 2. The molecule has 3 atom stereocenters. The van der Waals surface area contributed by atoms with Crippen LogP contribution in [-0.2, 0) is 44.8 Å². The Morgan fingerprint density at radius 2 is 1.54 bits per heavy atom. The lowest BCUT2D eigenvalue weighted by Crippen LogP contribution is -2.71. The van der Waals surface area contributed by atoms with Gasteiger partial charge in [0.2, 0.25) is 12.7 Å². The Balaban J connectivity index is 1.15. The number of rotatable bonds is 13. The predicted octanol–water partition coefficient (Wildman–Crippen LogP) is 2.57. The van der Waals surface area contributed by atoms with E-state index in [0.717, 1.165) is 5.56 Å². The van der Waals surface area contributed by atoms with Crippen LogP contribution in [-0.4, -0.2) is 70.2 Å². The molecular weight excluding hydrogens is 552 g/mol. The number of nitrogens with zero attached hydrogens (tertiary/aromatic N) is 1. The Morgan fingerprint density at radius 3 is 2.22 bits per heavy atom. The number of fused-ring (bicyclic) bond motifs is 1. The third-order valence-corrected chi connectivity index (χ3v) is 8.09. The van der Waals surface area contributed by atoms with Crippen LogP contribution >= 0.6 is 11.8 Å². The summed E-state index contributed by atoms with van der Waals surface area (Å²) in [6.07, 6.45) is 0.217. The molecule has 11 nitrogen and oxygen atoms in total. The molecular formula is C29H32N2O9S. The normalized spacial score (nSPS) is 20.3. The smallest absolute Gasteiger partial charge is 0.333 e. The van der Waals surface area contributed by atoms with E-state index in [2.05, 4.69) is 5.32 Å². The van der Waals surface area contributed by atoms with Gasteiger partial charge in [-0.1, -0.05) is 48.5 Å². The molecule has 1 N–H and O–H groups in total. The van der Waals surface area contributed by atoms with Crippen molar-refractivity contribution in [3.05, 3.63) is 66.2 Å². The van der Waals surface area contributed by atoms with Crippen molar-refractivity contribution < 1.29 is 42.9 Å². The van der Waals surface area contributed by atoms with Crippen molar-refractivity contribution in [2.75, 3.05) is 13.4 Å². The fraction of sp³-hybridized carbons (Fsp3) is 0.414. The van der Waals surface area contributed by atoms with E-state index in [1.165, 1.54) is 16.7 Å². The highest BCUT2D eigenvalue weighted by atomic mass is 32.2. The molecule has 4 rings (SSSR count). The number of β-lactam (4-membered cyclic amide) rings is 1. The molecule has 0 unspecified atom stereocenters. The average molecular weight is 585 g/mol. The molecule has 2 aromatic rings. The first-order valence-electron chi connectivity index (χ1n) is 13.1. The molecule has 0 radical (unpaired) electrons. The maximum atomic E-state index is 12.9. The lowest BCUT2D eigenvalue weighted by Gasteiger charge is -2.43. The molecule has 2 amide bonds. The zero-order chi connectivity index (χ0) is 29.4. The topological polar surface area (TPSA) is 138 Å². The summed E-state index contributed by atoms with van der Waals surface area (Å²) in [4.78, 5) is 63.4. The summed E-state index contributed by atoms with van der Waals surface area (Å²) in [5, 5.41) is 2.23. The Labute approximate surface area is 241 Å². The van der Waals surface area contributed by atoms with E-state index in [4.69, 9.17) is 18.9 Å². The number of para-hydroxylation sites is 1. The van der Waals surface area contributed by atoms with E-state index in [-0.39, 0.29) is 32.5 Å². The Morgan fingerprint density at radius 1 is 0.902 bits per heavy atom. The van der Waals surface area contributed by atoms with Gasteiger partial charge in [-0.05, 0) is 38.0 Å². The zero-order valence-electron chi connectivity index (χ0n) is 22.8. The van der Waals surface area contributed by atoms with Crippen molar-refractivity contribution in [2.45, 2.75) is 61.9 Å². The first-order valence-corrected chi connectivity index (χ1v) is 14.0. The lowest BCUT2D eigenvalue weighted by atomic mass is 9.96. The minimum atomic E-state index is -0.920. The average Bonchev–Trinajstić information content (AvgIpc) is 3.22. The summed E-state index contributed by atoms with van der Waals surface area (Å²) in [7, 11) is 0. The molecule has 0 aromatic heterocycles. The largest absolute Gasteiger partial charge is 0.484 e. The second-order valence-corrected chi connectivity index (χ2v) is 11.8. The minimum Gasteiger partial charge on any atom is -0.484 e. The Bertz CT molecular complexity index is 1260. The van der Waals surface area contributed by atoms with Crippen LogP contribution in [0.2, 0.25) is 0 Å². The zero-order valence-corrected chi connectivity index (χ0v) is 23.6. The first kappa shape index (κ1) is 29.9. The Kier molecular flexibility index (Phi) is 9.87. The second kappa shape index (κ2) is 13.5. The first-order chi connectivity index (χ1) is 19.7. The fourth-order valence-corrected chi connectivity index (χ4v) is 6.12. The highest BCUT2D eigenvalue weighted by molar-refractivity contribution is 8.01. The molecule has 2 aromatic carbocycles. The van der Waals surface area contributed by atoms with Crippen molar-refractivity contribution in [1.29, 1.82) is 0 Å². The summed E-state index contributed by atoms with van der Waals surface area (Å²) in [6, 6.07) is 16.4. The van der Waals surface area contributed by atoms with Gasteiger partial charge >= 0.3 is 17.9 Å². The van der Waals surface area contributed by atoms with Crippen LogP contribution in [0.4, 0.5) is 0 Å². The van der Waals surface area contributed by atoms with Crippen molar-refractivity contribution in [3.63, 3.8) is 0 Å². The maximum absolute atomic E-state index is 12.9. The molecule has 2 heterocycles. The van der Waals surface area contributed by atoms with Gasteiger partial charge in [0.15, 0.2) is 6.61 Å². The molecule has 41 heavy (non-hydrogen) atoms. The van der Waals surface area contributed by atoms with Gasteiger partial charge in [0.1, 0.15) is 29.8 Å². The van der Waals surface area contributed by atoms with Gasteiger partial charge in [-0.3, -0.25) is 19.2 Å². The second-order valence-electron chi connectivity index (χ2n) is 10.0. The third kappa shape index (κ3) is 7.78. The molecule has 2 fully saturated rings. The Hall–Kier alpha value is -4.06. The number of carbonyl (C=O) groups is 5. The summed E-state index contributed by atoms with van der Waals surface area (Å²) < 4.78 is 20.0. The van der Waals surface area contributed by atoms with Crippen molar-refractivity contribution in [1.82, 2.24) is 10.2 Å². The number of hydrogen-bond acceptors (Lipinski definition) is 10. The number of nitrogens with one attached hydrogen (secondary N) is 1. The van der Waals surface area contributed by atoms with E-state index >= 15 is 0 Å². The van der Waals surface area contributed by atoms with E-state index < -0.39 is 58.7 Å². The number of carbonyl (C=O) groups excluding carboxylic acids is 5. The number of esters is 3. The summed E-state index contributed by atoms with van der Waals surface area (Å²) >= 11 is 1.38. The van der Waals surface area contributed by atoms with Crippen molar-refractivity contribution in [3.8, 4) is 5.75 Å². The SMILES string of the molecule is CC1(C)S[C@@H]2[C@H](NC(=O)COc3ccccc3)C(=O)N2[C@H]1C(=O)OCOC(=O)CCCC(=O)OCc1ccccc1. The minimum absolute atomic E-state index is 0.0454. The molecule has 2 aliphatic rings. The third-order valence-electron chi connectivity index (χ3n) is 6.52. The van der Waals surface area contributed by atoms with Gasteiger partial charge in [0.05, 0.1) is 0 Å². The highest BCUT2D eigenvalue weighted by Gasteiger charge is 2.64. The summed E-state index contributed by atoms with van der Waals surface area (Å²) in [5.74, 6) is -2.10. The number of ether oxygens (including phenoxy) is 4. The monoisotopic (exact) mass is 584 g/mol. The van der Waals surface area contributed by atoms with E-state index in [9.17, 15) is 24.0 Å². The molecule has 0 spiro atoms. The van der Waals surface area contributed by atoms with Gasteiger partial charge in [0.25, 0.3) is 5.91 Å². The molecule has 0 bridgehead atoms. The van der Waals surface area contributed by atoms with Gasteiger partial charge in [0, 0.05) is 17.6 Å². The van der Waals surface area contributed by atoms with E-state index in [1.54, 1.807) is 38.1 Å².